The quantitative estimate of drug-likeness (QED) is 0.868. The molecule has 1 aromatic heterocycles. The summed E-state index contributed by atoms with van der Waals surface area (Å²) in [6.45, 7) is 2.10. The fourth-order valence-corrected chi connectivity index (χ4v) is 3.81. The van der Waals surface area contributed by atoms with E-state index in [0.717, 1.165) is 25.7 Å². The summed E-state index contributed by atoms with van der Waals surface area (Å²) in [5.41, 5.74) is 5.36. The first-order chi connectivity index (χ1) is 9.03. The van der Waals surface area contributed by atoms with Gasteiger partial charge in [0.2, 0.25) is 16.0 Å². The molecule has 0 saturated heterocycles. The van der Waals surface area contributed by atoms with Crippen LogP contribution in [0.4, 0.5) is 5.95 Å². The van der Waals surface area contributed by atoms with Crippen molar-refractivity contribution in [2.75, 3.05) is 5.73 Å². The zero-order chi connectivity index (χ0) is 13.9. The number of nitrogen functional groups attached to an aromatic ring is 1. The molecule has 1 aliphatic rings. The van der Waals surface area contributed by atoms with Gasteiger partial charge in [0.15, 0.2) is 0 Å². The Balaban J connectivity index is 2.14. The average Bonchev–Trinajstić information content (AvgIpc) is 2.39. The minimum absolute atomic E-state index is 0.0151. The molecule has 0 aromatic carbocycles. The van der Waals surface area contributed by atoms with Gasteiger partial charge in [0.1, 0.15) is 4.90 Å². The van der Waals surface area contributed by atoms with Crippen molar-refractivity contribution in [2.24, 2.45) is 5.92 Å². The number of aromatic nitrogens is 2. The Morgan fingerprint density at radius 2 is 1.95 bits per heavy atom. The Kier molecular flexibility index (Phi) is 4.36. The van der Waals surface area contributed by atoms with Crippen LogP contribution in [0.3, 0.4) is 0 Å². The largest absolute Gasteiger partial charge is 0.368 e. The number of nitrogens with zero attached hydrogens (tertiary/aromatic N) is 2. The highest BCUT2D eigenvalue weighted by Crippen LogP contribution is 2.27. The molecule has 2 rings (SSSR count). The summed E-state index contributed by atoms with van der Waals surface area (Å²) in [6.07, 6.45) is 7.72. The highest BCUT2D eigenvalue weighted by atomic mass is 32.2. The molecule has 19 heavy (non-hydrogen) atoms. The predicted molar refractivity (Wildman–Crippen MR) is 72.8 cm³/mol. The molecule has 0 radical (unpaired) electrons. The van der Waals surface area contributed by atoms with Crippen LogP contribution in [-0.4, -0.2) is 24.4 Å². The van der Waals surface area contributed by atoms with E-state index >= 15 is 0 Å². The fraction of sp³-hybridized carbons (Fsp3) is 0.667. The summed E-state index contributed by atoms with van der Waals surface area (Å²) in [7, 11) is -3.55. The standard InChI is InChI=1S/C12H20N4O2S/c1-2-9-5-3-4-6-11(9)16-19(17,18)10-7-14-12(13)15-8-10/h7-9,11,16H,2-6H2,1H3,(H2,13,14,15). The minimum atomic E-state index is -3.55. The maximum atomic E-state index is 12.2. The lowest BCUT2D eigenvalue weighted by molar-refractivity contribution is 0.282. The van der Waals surface area contributed by atoms with Crippen LogP contribution in [0.2, 0.25) is 0 Å². The topological polar surface area (TPSA) is 98.0 Å². The molecule has 0 bridgehead atoms. The molecule has 2 atom stereocenters. The molecule has 6 nitrogen and oxygen atoms in total. The normalized spacial score (nSPS) is 24.3. The Bertz CT molecular complexity index is 515. The van der Waals surface area contributed by atoms with Crippen LogP contribution in [0.1, 0.15) is 39.0 Å². The van der Waals surface area contributed by atoms with Crippen LogP contribution in [0.15, 0.2) is 17.3 Å². The highest BCUT2D eigenvalue weighted by Gasteiger charge is 2.28. The van der Waals surface area contributed by atoms with Gasteiger partial charge in [-0.1, -0.05) is 26.2 Å². The first kappa shape index (κ1) is 14.2. The molecule has 7 heteroatoms. The first-order valence-corrected chi connectivity index (χ1v) is 8.11. The van der Waals surface area contributed by atoms with Crippen LogP contribution < -0.4 is 10.5 Å². The summed E-state index contributed by atoms with van der Waals surface area (Å²) < 4.78 is 27.3. The van der Waals surface area contributed by atoms with Crippen LogP contribution in [0, 0.1) is 5.92 Å². The van der Waals surface area contributed by atoms with E-state index in [2.05, 4.69) is 21.6 Å². The SMILES string of the molecule is CCC1CCCCC1NS(=O)(=O)c1cnc(N)nc1. The molecule has 0 spiro atoms. The van der Waals surface area contributed by atoms with Gasteiger partial charge in [0.25, 0.3) is 0 Å². The van der Waals surface area contributed by atoms with Crippen molar-refractivity contribution >= 4 is 16.0 Å². The maximum absolute atomic E-state index is 12.2. The van der Waals surface area contributed by atoms with Crippen molar-refractivity contribution in [1.29, 1.82) is 0 Å². The van der Waals surface area contributed by atoms with E-state index in [1.54, 1.807) is 0 Å². The molecular formula is C12H20N4O2S. The number of nitrogens with one attached hydrogen (secondary N) is 1. The molecule has 1 aromatic rings. The summed E-state index contributed by atoms with van der Waals surface area (Å²) in [5.74, 6) is 0.487. The van der Waals surface area contributed by atoms with Gasteiger partial charge in [-0.25, -0.2) is 23.1 Å². The van der Waals surface area contributed by atoms with Crippen molar-refractivity contribution in [3.05, 3.63) is 12.4 Å². The van der Waals surface area contributed by atoms with Crippen LogP contribution in [0.5, 0.6) is 0 Å². The highest BCUT2D eigenvalue weighted by molar-refractivity contribution is 7.89. The second-order valence-electron chi connectivity index (χ2n) is 4.96. The smallest absolute Gasteiger partial charge is 0.243 e. The summed E-state index contributed by atoms with van der Waals surface area (Å²) >= 11 is 0. The number of rotatable bonds is 4. The lowest BCUT2D eigenvalue weighted by Gasteiger charge is -2.31. The van der Waals surface area contributed by atoms with E-state index in [1.807, 2.05) is 0 Å². The Morgan fingerprint density at radius 3 is 2.58 bits per heavy atom. The van der Waals surface area contributed by atoms with Crippen LogP contribution in [-0.2, 0) is 10.0 Å². The van der Waals surface area contributed by atoms with E-state index < -0.39 is 10.0 Å². The molecule has 3 N–H and O–H groups in total. The number of nitrogens with two attached hydrogens (primary N) is 1. The van der Waals surface area contributed by atoms with Gasteiger partial charge in [0, 0.05) is 6.04 Å². The predicted octanol–water partition coefficient (Wildman–Crippen LogP) is 1.31. The van der Waals surface area contributed by atoms with E-state index in [1.165, 1.54) is 18.8 Å². The first-order valence-electron chi connectivity index (χ1n) is 6.63. The van der Waals surface area contributed by atoms with Crippen LogP contribution in [0.25, 0.3) is 0 Å². The van der Waals surface area contributed by atoms with Crippen molar-refractivity contribution in [3.8, 4) is 0 Å². The molecule has 0 amide bonds. The molecule has 1 fully saturated rings. The van der Waals surface area contributed by atoms with Gasteiger partial charge < -0.3 is 5.73 Å². The summed E-state index contributed by atoms with van der Waals surface area (Å²) in [4.78, 5) is 7.52. The monoisotopic (exact) mass is 284 g/mol. The number of hydrogen-bond donors (Lipinski definition) is 2. The van der Waals surface area contributed by atoms with Crippen LogP contribution >= 0.6 is 0 Å². The molecule has 2 unspecified atom stereocenters. The lowest BCUT2D eigenvalue weighted by Crippen LogP contribution is -2.41. The zero-order valence-electron chi connectivity index (χ0n) is 11.0. The molecule has 0 aliphatic heterocycles. The molecule has 1 aliphatic carbocycles. The third-order valence-corrected chi connectivity index (χ3v) is 5.14. The van der Waals surface area contributed by atoms with Gasteiger partial charge in [-0.3, -0.25) is 0 Å². The summed E-state index contributed by atoms with van der Waals surface area (Å²) in [5, 5.41) is 0. The van der Waals surface area contributed by atoms with Gasteiger partial charge in [0.05, 0.1) is 12.4 Å². The van der Waals surface area contributed by atoms with E-state index in [9.17, 15) is 8.42 Å². The Morgan fingerprint density at radius 1 is 1.32 bits per heavy atom. The maximum Gasteiger partial charge on any atom is 0.243 e. The number of anilines is 1. The van der Waals surface area contributed by atoms with E-state index in [4.69, 9.17) is 5.73 Å². The number of hydrogen-bond acceptors (Lipinski definition) is 5. The second kappa shape index (κ2) is 5.83. The van der Waals surface area contributed by atoms with E-state index in [-0.39, 0.29) is 16.9 Å². The van der Waals surface area contributed by atoms with Crippen molar-refractivity contribution in [1.82, 2.24) is 14.7 Å². The summed E-state index contributed by atoms with van der Waals surface area (Å²) in [6, 6.07) is 0.0151. The Hall–Kier alpha value is -1.21. The Labute approximate surface area is 113 Å². The molecule has 1 heterocycles. The molecule has 1 saturated carbocycles. The molecule has 106 valence electrons. The van der Waals surface area contributed by atoms with Crippen molar-refractivity contribution in [3.63, 3.8) is 0 Å². The third kappa shape index (κ3) is 3.42. The van der Waals surface area contributed by atoms with Gasteiger partial charge in [-0.2, -0.15) is 0 Å². The van der Waals surface area contributed by atoms with Crippen molar-refractivity contribution in [2.45, 2.75) is 50.0 Å². The molecular weight excluding hydrogens is 264 g/mol. The van der Waals surface area contributed by atoms with Gasteiger partial charge in [-0.05, 0) is 18.8 Å². The van der Waals surface area contributed by atoms with E-state index in [0.29, 0.717) is 5.92 Å². The van der Waals surface area contributed by atoms with Crippen molar-refractivity contribution < 1.29 is 8.42 Å². The third-order valence-electron chi connectivity index (χ3n) is 3.70. The fourth-order valence-electron chi connectivity index (χ4n) is 2.58. The van der Waals surface area contributed by atoms with Gasteiger partial charge in [-0.15, -0.1) is 0 Å². The lowest BCUT2D eigenvalue weighted by atomic mass is 9.83. The average molecular weight is 284 g/mol. The van der Waals surface area contributed by atoms with Gasteiger partial charge >= 0.3 is 0 Å². The number of sulfonamides is 1. The minimum Gasteiger partial charge on any atom is -0.368 e. The second-order valence-corrected chi connectivity index (χ2v) is 6.67. The zero-order valence-corrected chi connectivity index (χ0v) is 11.9.